The van der Waals surface area contributed by atoms with Gasteiger partial charge in [0.05, 0.1) is 29.0 Å². The van der Waals surface area contributed by atoms with Crippen LogP contribution in [-0.4, -0.2) is 23.2 Å². The minimum absolute atomic E-state index is 0.109. The molecular formula is C21H14FN3O4. The average molecular weight is 391 g/mol. The van der Waals surface area contributed by atoms with Crippen molar-refractivity contribution in [1.29, 1.82) is 5.26 Å². The smallest absolute Gasteiger partial charge is 0.335 e. The lowest BCUT2D eigenvalue weighted by Gasteiger charge is -2.04. The SMILES string of the molecule is Cc1cc(C(=O)O)ccc1-c1ccc(C=NNC(=O)c2ccc(C#N)cc2F)o1. The Bertz CT molecular complexity index is 1170. The molecule has 0 bridgehead atoms. The molecular weight excluding hydrogens is 377 g/mol. The minimum atomic E-state index is -1.01. The molecule has 2 aromatic carbocycles. The Morgan fingerprint density at radius 3 is 2.66 bits per heavy atom. The standard InChI is InChI=1S/C21H14FN3O4/c1-12-8-14(21(27)28)3-6-16(12)19-7-4-15(29-19)11-24-25-20(26)17-5-2-13(10-23)9-18(17)22/h2-9,11H,1H3,(H,25,26)(H,27,28). The van der Waals surface area contributed by atoms with Crippen LogP contribution in [0.5, 0.6) is 0 Å². The third-order valence-electron chi connectivity index (χ3n) is 4.07. The molecule has 3 aromatic rings. The second-order valence-corrected chi connectivity index (χ2v) is 6.04. The summed E-state index contributed by atoms with van der Waals surface area (Å²) in [5.41, 5.74) is 3.68. The number of nitrogens with one attached hydrogen (secondary N) is 1. The topological polar surface area (TPSA) is 116 Å². The van der Waals surface area contributed by atoms with Crippen LogP contribution in [-0.2, 0) is 0 Å². The molecule has 0 atom stereocenters. The van der Waals surface area contributed by atoms with Gasteiger partial charge in [0.15, 0.2) is 0 Å². The van der Waals surface area contributed by atoms with Crippen LogP contribution in [0.2, 0.25) is 0 Å². The van der Waals surface area contributed by atoms with E-state index in [4.69, 9.17) is 14.8 Å². The Hall–Kier alpha value is -4.25. The second kappa shape index (κ2) is 8.19. The zero-order valence-corrected chi connectivity index (χ0v) is 15.1. The van der Waals surface area contributed by atoms with Gasteiger partial charge in [0.1, 0.15) is 17.3 Å². The number of carbonyl (C=O) groups excluding carboxylic acids is 1. The van der Waals surface area contributed by atoms with Gasteiger partial charge in [-0.25, -0.2) is 14.6 Å². The van der Waals surface area contributed by atoms with E-state index < -0.39 is 17.7 Å². The van der Waals surface area contributed by atoms with Gasteiger partial charge >= 0.3 is 5.97 Å². The molecule has 1 heterocycles. The van der Waals surface area contributed by atoms with Crippen LogP contribution in [0.25, 0.3) is 11.3 Å². The van der Waals surface area contributed by atoms with Gasteiger partial charge in [-0.2, -0.15) is 10.4 Å². The van der Waals surface area contributed by atoms with Crippen molar-refractivity contribution in [2.24, 2.45) is 5.10 Å². The summed E-state index contributed by atoms with van der Waals surface area (Å²) in [7, 11) is 0. The number of amides is 1. The predicted molar refractivity (Wildman–Crippen MR) is 102 cm³/mol. The molecule has 0 fully saturated rings. The summed E-state index contributed by atoms with van der Waals surface area (Å²) in [6.07, 6.45) is 1.25. The highest BCUT2D eigenvalue weighted by atomic mass is 19.1. The number of nitrogens with zero attached hydrogens (tertiary/aromatic N) is 2. The van der Waals surface area contributed by atoms with Gasteiger partial charge in [-0.3, -0.25) is 4.79 Å². The fourth-order valence-corrected chi connectivity index (χ4v) is 2.62. The maximum Gasteiger partial charge on any atom is 0.335 e. The van der Waals surface area contributed by atoms with Crippen molar-refractivity contribution in [3.05, 3.63) is 82.4 Å². The number of hydrazone groups is 1. The number of aryl methyl sites for hydroxylation is 1. The minimum Gasteiger partial charge on any atom is -0.478 e. The lowest BCUT2D eigenvalue weighted by atomic mass is 10.0. The van der Waals surface area contributed by atoms with E-state index in [2.05, 4.69) is 10.5 Å². The van der Waals surface area contributed by atoms with Crippen molar-refractivity contribution in [1.82, 2.24) is 5.43 Å². The third kappa shape index (κ3) is 4.36. The summed E-state index contributed by atoms with van der Waals surface area (Å²) in [6, 6.07) is 13.3. The zero-order valence-electron chi connectivity index (χ0n) is 15.1. The van der Waals surface area contributed by atoms with Crippen LogP contribution in [0.1, 0.15) is 37.6 Å². The van der Waals surface area contributed by atoms with Crippen LogP contribution in [0.15, 0.2) is 58.0 Å². The molecule has 0 aliphatic heterocycles. The van der Waals surface area contributed by atoms with E-state index in [1.165, 1.54) is 24.4 Å². The molecule has 0 saturated carbocycles. The number of hydrogen-bond donors (Lipinski definition) is 2. The van der Waals surface area contributed by atoms with Gasteiger partial charge in [-0.05, 0) is 55.0 Å². The van der Waals surface area contributed by atoms with Crippen LogP contribution in [0, 0.1) is 24.1 Å². The van der Waals surface area contributed by atoms with Crippen molar-refractivity contribution in [3.63, 3.8) is 0 Å². The summed E-state index contributed by atoms with van der Waals surface area (Å²) in [5.74, 6) is -1.76. The van der Waals surface area contributed by atoms with E-state index in [1.807, 2.05) is 0 Å². The average Bonchev–Trinajstić information content (AvgIpc) is 3.16. The van der Waals surface area contributed by atoms with Crippen LogP contribution < -0.4 is 5.43 Å². The van der Waals surface area contributed by atoms with Crippen LogP contribution in [0.3, 0.4) is 0 Å². The number of nitriles is 1. The lowest BCUT2D eigenvalue weighted by Crippen LogP contribution is -2.19. The molecule has 1 aromatic heterocycles. The fraction of sp³-hybridized carbons (Fsp3) is 0.0476. The number of carboxylic acid groups (broad SMARTS) is 1. The largest absolute Gasteiger partial charge is 0.478 e. The number of carbonyl (C=O) groups is 2. The number of furan rings is 1. The van der Waals surface area contributed by atoms with Crippen LogP contribution in [0.4, 0.5) is 4.39 Å². The molecule has 29 heavy (non-hydrogen) atoms. The first-order valence-corrected chi connectivity index (χ1v) is 8.36. The first kappa shape index (κ1) is 19.5. The maximum atomic E-state index is 13.8. The van der Waals surface area contributed by atoms with Crippen molar-refractivity contribution in [2.75, 3.05) is 0 Å². The maximum absolute atomic E-state index is 13.8. The number of rotatable bonds is 5. The van der Waals surface area contributed by atoms with Gasteiger partial charge < -0.3 is 9.52 Å². The van der Waals surface area contributed by atoms with E-state index in [9.17, 15) is 14.0 Å². The Morgan fingerprint density at radius 1 is 1.21 bits per heavy atom. The molecule has 0 unspecified atom stereocenters. The molecule has 1 amide bonds. The molecule has 3 rings (SSSR count). The van der Waals surface area contributed by atoms with Crippen molar-refractivity contribution < 1.29 is 23.5 Å². The summed E-state index contributed by atoms with van der Waals surface area (Å²) >= 11 is 0. The third-order valence-corrected chi connectivity index (χ3v) is 4.07. The predicted octanol–water partition coefficient (Wildman–Crippen LogP) is 3.73. The molecule has 7 nitrogen and oxygen atoms in total. The van der Waals surface area contributed by atoms with E-state index in [0.29, 0.717) is 11.5 Å². The molecule has 0 aliphatic carbocycles. The Morgan fingerprint density at radius 2 is 2.00 bits per heavy atom. The van der Waals surface area contributed by atoms with Crippen molar-refractivity contribution >= 4 is 18.1 Å². The van der Waals surface area contributed by atoms with Gasteiger partial charge in [0.2, 0.25) is 0 Å². The van der Waals surface area contributed by atoms with Crippen LogP contribution >= 0.6 is 0 Å². The Labute approximate surface area is 164 Å². The van der Waals surface area contributed by atoms with Gasteiger partial charge in [-0.15, -0.1) is 0 Å². The zero-order chi connectivity index (χ0) is 21.0. The molecule has 0 saturated heterocycles. The molecule has 2 N–H and O–H groups in total. The summed E-state index contributed by atoms with van der Waals surface area (Å²) in [6.45, 7) is 1.77. The van der Waals surface area contributed by atoms with Gasteiger partial charge in [0, 0.05) is 5.56 Å². The summed E-state index contributed by atoms with van der Waals surface area (Å²) < 4.78 is 19.5. The summed E-state index contributed by atoms with van der Waals surface area (Å²) in [5, 5.41) is 21.5. The molecule has 0 aliphatic rings. The normalized spacial score (nSPS) is 10.7. The quantitative estimate of drug-likeness (QED) is 0.508. The Kier molecular flexibility index (Phi) is 5.51. The number of halogens is 1. The highest BCUT2D eigenvalue weighted by Gasteiger charge is 2.12. The van der Waals surface area contributed by atoms with E-state index >= 15 is 0 Å². The highest BCUT2D eigenvalue weighted by Crippen LogP contribution is 2.26. The monoisotopic (exact) mass is 391 g/mol. The molecule has 0 spiro atoms. The molecule has 8 heteroatoms. The van der Waals surface area contributed by atoms with Gasteiger partial charge in [-0.1, -0.05) is 6.07 Å². The Balaban J connectivity index is 1.70. The van der Waals surface area contributed by atoms with Crippen molar-refractivity contribution in [2.45, 2.75) is 6.92 Å². The molecule has 0 radical (unpaired) electrons. The van der Waals surface area contributed by atoms with E-state index in [1.54, 1.807) is 37.3 Å². The number of aromatic carboxylic acids is 1. The lowest BCUT2D eigenvalue weighted by molar-refractivity contribution is 0.0696. The second-order valence-electron chi connectivity index (χ2n) is 6.04. The number of benzene rings is 2. The highest BCUT2D eigenvalue weighted by molar-refractivity contribution is 5.95. The first-order chi connectivity index (χ1) is 13.9. The first-order valence-electron chi connectivity index (χ1n) is 8.36. The van der Waals surface area contributed by atoms with E-state index in [-0.39, 0.29) is 16.7 Å². The van der Waals surface area contributed by atoms with E-state index in [0.717, 1.165) is 17.2 Å². The number of carboxylic acids is 1. The number of hydrogen-bond acceptors (Lipinski definition) is 5. The van der Waals surface area contributed by atoms with Crippen molar-refractivity contribution in [3.8, 4) is 17.4 Å². The fourth-order valence-electron chi connectivity index (χ4n) is 2.62. The van der Waals surface area contributed by atoms with Gasteiger partial charge in [0.25, 0.3) is 5.91 Å². The summed E-state index contributed by atoms with van der Waals surface area (Å²) in [4.78, 5) is 23.0. The molecule has 144 valence electrons.